The molecule has 0 fully saturated rings. The number of hydrazone groups is 1. The minimum absolute atomic E-state index is 0.0894. The molecule has 0 aliphatic carbocycles. The molecule has 0 saturated carbocycles. The van der Waals surface area contributed by atoms with Crippen LogP contribution in [0.2, 0.25) is 0 Å². The van der Waals surface area contributed by atoms with Crippen LogP contribution in [0, 0.1) is 20.2 Å². The normalized spacial score (nSPS) is 16.0. The molecule has 2 aromatic carbocycles. The molecule has 1 amide bonds. The molecule has 3 rings (SSSR count). The van der Waals surface area contributed by atoms with Gasteiger partial charge in [0.25, 0.3) is 11.4 Å². The minimum Gasteiger partial charge on any atom is -0.446 e. The van der Waals surface area contributed by atoms with Crippen molar-refractivity contribution in [1.82, 2.24) is 5.01 Å². The highest BCUT2D eigenvalue weighted by molar-refractivity contribution is 5.96. The van der Waals surface area contributed by atoms with Gasteiger partial charge in [-0.3, -0.25) is 25.0 Å². The highest BCUT2D eigenvalue weighted by Gasteiger charge is 2.33. The Morgan fingerprint density at radius 2 is 1.73 bits per heavy atom. The quantitative estimate of drug-likeness (QED) is 0.612. The van der Waals surface area contributed by atoms with Crippen molar-refractivity contribution >= 4 is 23.2 Å². The second kappa shape index (κ2) is 6.59. The molecule has 1 aliphatic rings. The van der Waals surface area contributed by atoms with E-state index in [1.807, 2.05) is 0 Å². The first-order valence-electron chi connectivity index (χ1n) is 7.41. The van der Waals surface area contributed by atoms with E-state index < -0.39 is 22.0 Å². The number of nitro benzene ring substituents is 2. The second-order valence-electron chi connectivity index (χ2n) is 5.40. The van der Waals surface area contributed by atoms with Gasteiger partial charge in [-0.1, -0.05) is 12.1 Å². The maximum absolute atomic E-state index is 11.9. The third kappa shape index (κ3) is 3.20. The van der Waals surface area contributed by atoms with E-state index in [0.29, 0.717) is 11.1 Å². The summed E-state index contributed by atoms with van der Waals surface area (Å²) in [5.74, 6) is -0.329. The van der Waals surface area contributed by atoms with Crippen LogP contribution in [-0.2, 0) is 9.53 Å². The number of non-ortho nitro benzene ring substituents is 2. The van der Waals surface area contributed by atoms with E-state index in [0.717, 1.165) is 5.01 Å². The van der Waals surface area contributed by atoms with Crippen LogP contribution in [0.1, 0.15) is 24.3 Å². The molecule has 1 aliphatic heterocycles. The first kappa shape index (κ1) is 17.0. The van der Waals surface area contributed by atoms with Gasteiger partial charge in [0.05, 0.1) is 9.85 Å². The molecule has 1 atom stereocenters. The fourth-order valence-corrected chi connectivity index (χ4v) is 2.42. The molecule has 0 aromatic heterocycles. The molecule has 0 saturated heterocycles. The van der Waals surface area contributed by atoms with Crippen LogP contribution in [0.5, 0.6) is 0 Å². The van der Waals surface area contributed by atoms with Crippen LogP contribution < -0.4 is 0 Å². The van der Waals surface area contributed by atoms with Gasteiger partial charge in [-0.25, -0.2) is 0 Å². The monoisotopic (exact) mass is 356 g/mol. The number of hydrogen-bond donors (Lipinski definition) is 0. The van der Waals surface area contributed by atoms with Gasteiger partial charge in [-0.15, -0.1) is 5.10 Å². The minimum atomic E-state index is -0.961. The number of hydrogen-bond acceptors (Lipinski definition) is 7. The number of carbonyl (C=O) groups excluding carboxylic acids is 1. The van der Waals surface area contributed by atoms with Gasteiger partial charge >= 0.3 is 0 Å². The van der Waals surface area contributed by atoms with Crippen molar-refractivity contribution in [2.45, 2.75) is 13.2 Å². The summed E-state index contributed by atoms with van der Waals surface area (Å²) in [7, 11) is 0. The number of carbonyl (C=O) groups is 1. The van der Waals surface area contributed by atoms with Gasteiger partial charge < -0.3 is 4.74 Å². The van der Waals surface area contributed by atoms with E-state index in [9.17, 15) is 25.0 Å². The summed E-state index contributed by atoms with van der Waals surface area (Å²) in [5.41, 5.74) is 0.592. The van der Waals surface area contributed by atoms with Crippen molar-refractivity contribution in [3.63, 3.8) is 0 Å². The number of nitro groups is 2. The molecule has 0 N–H and O–H groups in total. The van der Waals surface area contributed by atoms with Gasteiger partial charge in [-0.05, 0) is 12.1 Å². The Morgan fingerprint density at radius 3 is 2.31 bits per heavy atom. The summed E-state index contributed by atoms with van der Waals surface area (Å²) in [4.78, 5) is 32.5. The fourth-order valence-electron chi connectivity index (χ4n) is 2.42. The Hall–Kier alpha value is -3.82. The van der Waals surface area contributed by atoms with Crippen molar-refractivity contribution in [1.29, 1.82) is 0 Å². The molecule has 10 heteroatoms. The van der Waals surface area contributed by atoms with Gasteiger partial charge in [0.2, 0.25) is 18.0 Å². The summed E-state index contributed by atoms with van der Waals surface area (Å²) in [6, 6.07) is 11.2. The standard InChI is InChI=1S/C16H12N4O6/c1-10(21)18-16(12-3-2-4-14(9-12)20(24)25)26-15(17-18)11-5-7-13(8-6-11)19(22)23/h2-9,16H,1H3. The molecule has 0 radical (unpaired) electrons. The summed E-state index contributed by atoms with van der Waals surface area (Å²) in [6.45, 7) is 1.29. The molecule has 10 nitrogen and oxygen atoms in total. The molecule has 1 heterocycles. The zero-order valence-electron chi connectivity index (χ0n) is 13.4. The zero-order valence-corrected chi connectivity index (χ0v) is 13.4. The molecule has 1 unspecified atom stereocenters. The van der Waals surface area contributed by atoms with Gasteiger partial charge in [-0.2, -0.15) is 5.01 Å². The van der Waals surface area contributed by atoms with E-state index in [1.54, 1.807) is 6.07 Å². The van der Waals surface area contributed by atoms with Crippen molar-refractivity contribution in [2.75, 3.05) is 0 Å². The van der Waals surface area contributed by atoms with Gasteiger partial charge in [0.1, 0.15) is 0 Å². The molecule has 132 valence electrons. The lowest BCUT2D eigenvalue weighted by molar-refractivity contribution is -0.385. The van der Waals surface area contributed by atoms with E-state index in [2.05, 4.69) is 5.10 Å². The van der Waals surface area contributed by atoms with Crippen molar-refractivity contribution < 1.29 is 19.4 Å². The second-order valence-corrected chi connectivity index (χ2v) is 5.40. The summed E-state index contributed by atoms with van der Waals surface area (Å²) in [5, 5.41) is 26.9. The summed E-state index contributed by atoms with van der Waals surface area (Å²) < 4.78 is 5.71. The highest BCUT2D eigenvalue weighted by Crippen LogP contribution is 2.32. The van der Waals surface area contributed by atoms with Crippen LogP contribution in [-0.4, -0.2) is 26.7 Å². The van der Waals surface area contributed by atoms with E-state index >= 15 is 0 Å². The summed E-state index contributed by atoms with van der Waals surface area (Å²) in [6.07, 6.45) is -0.961. The first-order chi connectivity index (χ1) is 12.4. The van der Waals surface area contributed by atoms with Gasteiger partial charge in [0, 0.05) is 42.3 Å². The van der Waals surface area contributed by atoms with Crippen LogP contribution in [0.4, 0.5) is 11.4 Å². The number of rotatable bonds is 4. The van der Waals surface area contributed by atoms with Crippen molar-refractivity contribution in [3.05, 3.63) is 79.9 Å². The Bertz CT molecular complexity index is 925. The van der Waals surface area contributed by atoms with Crippen LogP contribution in [0.3, 0.4) is 0 Å². The average molecular weight is 356 g/mol. The topological polar surface area (TPSA) is 128 Å². The SMILES string of the molecule is CC(=O)N1N=C(c2ccc([N+](=O)[O-])cc2)OC1c1cccc([N+](=O)[O-])c1. The van der Waals surface area contributed by atoms with Gasteiger partial charge in [0.15, 0.2) is 0 Å². The smallest absolute Gasteiger partial charge is 0.269 e. The zero-order chi connectivity index (χ0) is 18.8. The Balaban J connectivity index is 1.93. The van der Waals surface area contributed by atoms with Crippen LogP contribution in [0.25, 0.3) is 0 Å². The Labute approximate surface area is 146 Å². The number of ether oxygens (including phenoxy) is 1. The number of benzene rings is 2. The maximum atomic E-state index is 11.9. The maximum Gasteiger partial charge on any atom is 0.269 e. The van der Waals surface area contributed by atoms with Crippen molar-refractivity contribution in [2.24, 2.45) is 5.10 Å². The average Bonchev–Trinajstić information content (AvgIpc) is 3.07. The Morgan fingerprint density at radius 1 is 1.08 bits per heavy atom. The third-order valence-corrected chi connectivity index (χ3v) is 3.66. The molecular weight excluding hydrogens is 344 g/mol. The van der Waals surface area contributed by atoms with Crippen LogP contribution >= 0.6 is 0 Å². The predicted octanol–water partition coefficient (Wildman–Crippen LogP) is 2.74. The number of amides is 1. The fraction of sp³-hybridized carbons (Fsp3) is 0.125. The lowest BCUT2D eigenvalue weighted by Gasteiger charge is -2.19. The molecule has 26 heavy (non-hydrogen) atoms. The lowest BCUT2D eigenvalue weighted by atomic mass is 10.1. The largest absolute Gasteiger partial charge is 0.446 e. The van der Waals surface area contributed by atoms with Crippen LogP contribution in [0.15, 0.2) is 53.6 Å². The van der Waals surface area contributed by atoms with E-state index in [-0.39, 0.29) is 17.3 Å². The number of nitrogens with zero attached hydrogens (tertiary/aromatic N) is 4. The molecule has 0 spiro atoms. The first-order valence-corrected chi connectivity index (χ1v) is 7.41. The molecule has 2 aromatic rings. The molecule has 0 bridgehead atoms. The van der Waals surface area contributed by atoms with E-state index in [1.165, 1.54) is 49.4 Å². The predicted molar refractivity (Wildman–Crippen MR) is 89.1 cm³/mol. The lowest BCUT2D eigenvalue weighted by Crippen LogP contribution is -2.25. The van der Waals surface area contributed by atoms with E-state index in [4.69, 9.17) is 4.74 Å². The Kier molecular flexibility index (Phi) is 4.31. The third-order valence-electron chi connectivity index (χ3n) is 3.66. The summed E-state index contributed by atoms with van der Waals surface area (Å²) >= 11 is 0. The highest BCUT2D eigenvalue weighted by atomic mass is 16.6. The van der Waals surface area contributed by atoms with Crippen molar-refractivity contribution in [3.8, 4) is 0 Å². The molecular formula is C16H12N4O6.